The summed E-state index contributed by atoms with van der Waals surface area (Å²) >= 11 is 0. The van der Waals surface area contributed by atoms with Crippen LogP contribution in [0.3, 0.4) is 0 Å². The molecule has 2 aromatic rings. The fraction of sp³-hybridized carbons (Fsp3) is 0.267. The van der Waals surface area contributed by atoms with Gasteiger partial charge < -0.3 is 0 Å². The van der Waals surface area contributed by atoms with E-state index >= 15 is 0 Å². The van der Waals surface area contributed by atoms with Crippen molar-refractivity contribution in [3.8, 4) is 0 Å². The van der Waals surface area contributed by atoms with Crippen LogP contribution in [0.2, 0.25) is 0 Å². The Hall–Kier alpha value is -2.04. The van der Waals surface area contributed by atoms with Gasteiger partial charge in [0.05, 0.1) is 18.3 Å². The molecule has 0 aliphatic heterocycles. The minimum atomic E-state index is -4.31. The Kier molecular flexibility index (Phi) is 5.55. The second kappa shape index (κ2) is 6.93. The lowest BCUT2D eigenvalue weighted by molar-refractivity contribution is -0.137. The number of halogens is 3. The van der Waals surface area contributed by atoms with Crippen molar-refractivity contribution in [1.29, 1.82) is 0 Å². The monoisotopic (exact) mass is 282 g/mol. The summed E-state index contributed by atoms with van der Waals surface area (Å²) in [7, 11) is 0. The third-order valence-electron chi connectivity index (χ3n) is 2.49. The molecule has 0 aliphatic rings. The predicted molar refractivity (Wildman–Crippen MR) is 74.2 cm³/mol. The van der Waals surface area contributed by atoms with E-state index in [0.717, 1.165) is 17.7 Å². The van der Waals surface area contributed by atoms with Gasteiger partial charge in [-0.25, -0.2) is 0 Å². The van der Waals surface area contributed by atoms with Gasteiger partial charge in [0.1, 0.15) is 0 Å². The topological polar surface area (TPSA) is 17.8 Å². The minimum Gasteiger partial charge on any atom is -0.268 e. The number of benzene rings is 1. The summed E-state index contributed by atoms with van der Waals surface area (Å²) in [6, 6.07) is 5.23. The zero-order chi connectivity index (χ0) is 15.2. The molecule has 2 rings (SSSR count). The Labute approximate surface area is 116 Å². The fourth-order valence-electron chi connectivity index (χ4n) is 1.60. The highest BCUT2D eigenvalue weighted by Crippen LogP contribution is 2.29. The van der Waals surface area contributed by atoms with E-state index in [1.165, 1.54) is 6.07 Å². The quantitative estimate of drug-likeness (QED) is 0.803. The zero-order valence-electron chi connectivity index (χ0n) is 11.5. The average molecular weight is 282 g/mol. The van der Waals surface area contributed by atoms with Gasteiger partial charge in [-0.05, 0) is 17.7 Å². The van der Waals surface area contributed by atoms with Crippen molar-refractivity contribution >= 4 is 6.08 Å². The first-order chi connectivity index (χ1) is 9.49. The fourth-order valence-corrected chi connectivity index (χ4v) is 1.60. The Morgan fingerprint density at radius 1 is 1.30 bits per heavy atom. The van der Waals surface area contributed by atoms with Crippen LogP contribution in [0.5, 0.6) is 0 Å². The summed E-state index contributed by atoms with van der Waals surface area (Å²) < 4.78 is 39.2. The number of hydrogen-bond donors (Lipinski definition) is 0. The molecule has 0 saturated carbocycles. The van der Waals surface area contributed by atoms with E-state index in [0.29, 0.717) is 12.1 Å². The van der Waals surface area contributed by atoms with Crippen molar-refractivity contribution in [3.05, 3.63) is 59.9 Å². The maximum absolute atomic E-state index is 12.5. The highest BCUT2D eigenvalue weighted by Gasteiger charge is 2.30. The van der Waals surface area contributed by atoms with E-state index in [-0.39, 0.29) is 0 Å². The van der Waals surface area contributed by atoms with Crippen molar-refractivity contribution in [2.24, 2.45) is 0 Å². The van der Waals surface area contributed by atoms with Crippen LogP contribution in [0.1, 0.15) is 30.5 Å². The normalized spacial score (nSPS) is 10.7. The van der Waals surface area contributed by atoms with E-state index in [4.69, 9.17) is 0 Å². The molecule has 0 unspecified atom stereocenters. The number of hydrogen-bond acceptors (Lipinski definition) is 1. The number of aromatic nitrogens is 2. The van der Waals surface area contributed by atoms with Gasteiger partial charge in [-0.15, -0.1) is 0 Å². The SMILES string of the molecule is C=Cc1cnn(Cc2cccc(C(F)(F)F)c2)c1.CC. The minimum absolute atomic E-state index is 0.303. The molecular weight excluding hydrogens is 265 g/mol. The first-order valence-corrected chi connectivity index (χ1v) is 6.30. The lowest BCUT2D eigenvalue weighted by atomic mass is 10.1. The molecule has 1 heterocycles. The highest BCUT2D eigenvalue weighted by molar-refractivity contribution is 5.43. The van der Waals surface area contributed by atoms with Crippen LogP contribution in [-0.4, -0.2) is 9.78 Å². The predicted octanol–water partition coefficient (Wildman–Crippen LogP) is 4.62. The van der Waals surface area contributed by atoms with Crippen molar-refractivity contribution < 1.29 is 13.2 Å². The largest absolute Gasteiger partial charge is 0.416 e. The summed E-state index contributed by atoms with van der Waals surface area (Å²) in [5.41, 5.74) is 0.751. The van der Waals surface area contributed by atoms with Gasteiger partial charge in [-0.3, -0.25) is 4.68 Å². The lowest BCUT2D eigenvalue weighted by Crippen LogP contribution is -2.07. The first-order valence-electron chi connectivity index (χ1n) is 6.30. The van der Waals surface area contributed by atoms with Crippen LogP contribution in [0.25, 0.3) is 6.08 Å². The Morgan fingerprint density at radius 3 is 2.55 bits per heavy atom. The molecule has 0 amide bonds. The molecule has 0 atom stereocenters. The van der Waals surface area contributed by atoms with Gasteiger partial charge in [0, 0.05) is 11.8 Å². The van der Waals surface area contributed by atoms with E-state index in [1.54, 1.807) is 29.2 Å². The summed E-state index contributed by atoms with van der Waals surface area (Å²) in [5.74, 6) is 0. The molecule has 0 bridgehead atoms. The van der Waals surface area contributed by atoms with E-state index in [2.05, 4.69) is 11.7 Å². The van der Waals surface area contributed by atoms with Gasteiger partial charge in [0.15, 0.2) is 0 Å². The first kappa shape index (κ1) is 16.0. The van der Waals surface area contributed by atoms with Crippen LogP contribution in [0, 0.1) is 0 Å². The standard InChI is InChI=1S/C13H11F3N2.C2H6/c1-2-10-7-17-18(8-10)9-11-4-3-5-12(6-11)13(14,15)16;1-2/h2-8H,1,9H2;1-2H3. The van der Waals surface area contributed by atoms with Gasteiger partial charge in [-0.2, -0.15) is 18.3 Å². The van der Waals surface area contributed by atoms with Crippen LogP contribution < -0.4 is 0 Å². The molecule has 20 heavy (non-hydrogen) atoms. The molecule has 0 radical (unpaired) electrons. The molecular formula is C15H17F3N2. The van der Waals surface area contributed by atoms with Crippen LogP contribution in [0.15, 0.2) is 43.2 Å². The molecule has 108 valence electrons. The summed E-state index contributed by atoms with van der Waals surface area (Å²) in [4.78, 5) is 0. The maximum atomic E-state index is 12.5. The number of nitrogens with zero attached hydrogens (tertiary/aromatic N) is 2. The van der Waals surface area contributed by atoms with E-state index in [9.17, 15) is 13.2 Å². The van der Waals surface area contributed by atoms with Crippen molar-refractivity contribution in [2.45, 2.75) is 26.6 Å². The van der Waals surface area contributed by atoms with E-state index in [1.807, 2.05) is 13.8 Å². The number of alkyl halides is 3. The average Bonchev–Trinajstić information content (AvgIpc) is 2.88. The van der Waals surface area contributed by atoms with Crippen molar-refractivity contribution in [2.75, 3.05) is 0 Å². The highest BCUT2D eigenvalue weighted by atomic mass is 19.4. The number of rotatable bonds is 3. The second-order valence-electron chi connectivity index (χ2n) is 3.87. The lowest BCUT2D eigenvalue weighted by Gasteiger charge is -2.08. The zero-order valence-corrected chi connectivity index (χ0v) is 11.5. The molecule has 0 N–H and O–H groups in total. The summed E-state index contributed by atoms with van der Waals surface area (Å²) in [5, 5.41) is 4.04. The molecule has 0 saturated heterocycles. The van der Waals surface area contributed by atoms with Gasteiger partial charge in [0.2, 0.25) is 0 Å². The Balaban J connectivity index is 0.000000956. The Morgan fingerprint density at radius 2 is 2.00 bits per heavy atom. The summed E-state index contributed by atoms with van der Waals surface area (Å²) in [6.45, 7) is 7.90. The molecule has 0 fully saturated rings. The molecule has 0 aliphatic carbocycles. The third kappa shape index (κ3) is 4.26. The van der Waals surface area contributed by atoms with Crippen molar-refractivity contribution in [3.63, 3.8) is 0 Å². The molecule has 5 heteroatoms. The van der Waals surface area contributed by atoms with Crippen LogP contribution in [0.4, 0.5) is 13.2 Å². The van der Waals surface area contributed by atoms with Gasteiger partial charge >= 0.3 is 6.18 Å². The van der Waals surface area contributed by atoms with Gasteiger partial charge in [-0.1, -0.05) is 38.6 Å². The molecule has 0 spiro atoms. The maximum Gasteiger partial charge on any atom is 0.416 e. The van der Waals surface area contributed by atoms with Gasteiger partial charge in [0.25, 0.3) is 0 Å². The molecule has 2 nitrogen and oxygen atoms in total. The second-order valence-corrected chi connectivity index (χ2v) is 3.87. The van der Waals surface area contributed by atoms with Crippen LogP contribution in [-0.2, 0) is 12.7 Å². The van der Waals surface area contributed by atoms with Crippen LogP contribution >= 0.6 is 0 Å². The summed E-state index contributed by atoms with van der Waals surface area (Å²) in [6.07, 6.45) is 0.663. The Bertz CT molecular complexity index is 556. The smallest absolute Gasteiger partial charge is 0.268 e. The van der Waals surface area contributed by atoms with Crippen molar-refractivity contribution in [1.82, 2.24) is 9.78 Å². The molecule has 1 aromatic carbocycles. The molecule has 1 aromatic heterocycles. The third-order valence-corrected chi connectivity index (χ3v) is 2.49. The van der Waals surface area contributed by atoms with E-state index < -0.39 is 11.7 Å².